The van der Waals surface area contributed by atoms with Crippen molar-refractivity contribution in [1.82, 2.24) is 10.2 Å². The minimum absolute atomic E-state index is 0.360. The van der Waals surface area contributed by atoms with Crippen LogP contribution in [0, 0.1) is 0 Å². The number of urea groups is 1. The summed E-state index contributed by atoms with van der Waals surface area (Å²) in [7, 11) is 1.59. The Bertz CT molecular complexity index is 505. The van der Waals surface area contributed by atoms with Crippen molar-refractivity contribution in [2.24, 2.45) is 0 Å². The van der Waals surface area contributed by atoms with E-state index in [0.717, 1.165) is 17.0 Å². The second kappa shape index (κ2) is 6.71. The van der Waals surface area contributed by atoms with Crippen LogP contribution in [0.3, 0.4) is 0 Å². The molecule has 0 spiro atoms. The molecule has 0 fully saturated rings. The zero-order valence-electron chi connectivity index (χ0n) is 11.3. The highest BCUT2D eigenvalue weighted by Gasteiger charge is 2.30. The SMILES string of the molecule is CN(Cc1ccccc1Br)C(=O)NCC(C)(O)C(=O)O. The lowest BCUT2D eigenvalue weighted by atomic mass is 10.1. The second-order valence-corrected chi connectivity index (χ2v) is 5.54. The number of nitrogens with one attached hydrogen (secondary N) is 1. The van der Waals surface area contributed by atoms with Gasteiger partial charge in [-0.1, -0.05) is 34.1 Å². The molecule has 0 aliphatic heterocycles. The van der Waals surface area contributed by atoms with Crippen molar-refractivity contribution in [3.05, 3.63) is 34.3 Å². The van der Waals surface area contributed by atoms with Crippen LogP contribution in [0.4, 0.5) is 4.79 Å². The normalized spacial score (nSPS) is 13.4. The fourth-order valence-electron chi connectivity index (χ4n) is 1.41. The number of amides is 2. The van der Waals surface area contributed by atoms with Crippen molar-refractivity contribution < 1.29 is 19.8 Å². The Kier molecular flexibility index (Phi) is 5.52. The van der Waals surface area contributed by atoms with Crippen molar-refractivity contribution in [2.45, 2.75) is 19.1 Å². The van der Waals surface area contributed by atoms with E-state index in [1.165, 1.54) is 4.90 Å². The molecule has 1 atom stereocenters. The highest BCUT2D eigenvalue weighted by molar-refractivity contribution is 9.10. The number of carbonyl (C=O) groups is 2. The molecule has 0 heterocycles. The third-order valence-electron chi connectivity index (χ3n) is 2.76. The van der Waals surface area contributed by atoms with Gasteiger partial charge in [-0.05, 0) is 18.6 Å². The second-order valence-electron chi connectivity index (χ2n) is 4.69. The summed E-state index contributed by atoms with van der Waals surface area (Å²) in [5.74, 6) is -1.38. The molecule has 1 aromatic carbocycles. The van der Waals surface area contributed by atoms with Crippen LogP contribution >= 0.6 is 15.9 Å². The van der Waals surface area contributed by atoms with Gasteiger partial charge in [0.05, 0.1) is 6.54 Å². The van der Waals surface area contributed by atoms with Crippen LogP contribution in [0.2, 0.25) is 0 Å². The number of carboxylic acid groups (broad SMARTS) is 1. The quantitative estimate of drug-likeness (QED) is 0.753. The van der Waals surface area contributed by atoms with Crippen molar-refractivity contribution in [2.75, 3.05) is 13.6 Å². The molecule has 6 nitrogen and oxygen atoms in total. The van der Waals surface area contributed by atoms with Gasteiger partial charge in [-0.15, -0.1) is 0 Å². The lowest BCUT2D eigenvalue weighted by Gasteiger charge is -2.22. The van der Waals surface area contributed by atoms with Gasteiger partial charge in [0.25, 0.3) is 0 Å². The summed E-state index contributed by atoms with van der Waals surface area (Å²) in [6, 6.07) is 7.03. The number of carboxylic acids is 1. The Morgan fingerprint density at radius 1 is 1.40 bits per heavy atom. The maximum absolute atomic E-state index is 11.8. The lowest BCUT2D eigenvalue weighted by Crippen LogP contribution is -2.49. The van der Waals surface area contributed by atoms with Crippen molar-refractivity contribution in [3.63, 3.8) is 0 Å². The molecule has 0 bridgehead atoms. The van der Waals surface area contributed by atoms with Crippen LogP contribution in [0.15, 0.2) is 28.7 Å². The molecule has 20 heavy (non-hydrogen) atoms. The minimum atomic E-state index is -1.98. The summed E-state index contributed by atoms with van der Waals surface area (Å²) in [4.78, 5) is 23.9. The molecule has 0 aliphatic rings. The van der Waals surface area contributed by atoms with Crippen molar-refractivity contribution in [3.8, 4) is 0 Å². The minimum Gasteiger partial charge on any atom is -0.479 e. The van der Waals surface area contributed by atoms with Gasteiger partial charge in [0.15, 0.2) is 5.60 Å². The maximum Gasteiger partial charge on any atom is 0.337 e. The van der Waals surface area contributed by atoms with Gasteiger partial charge in [0.2, 0.25) is 0 Å². The molecule has 2 amide bonds. The van der Waals surface area contributed by atoms with E-state index in [1.54, 1.807) is 7.05 Å². The van der Waals surface area contributed by atoms with Crippen LogP contribution in [0.25, 0.3) is 0 Å². The maximum atomic E-state index is 11.8. The summed E-state index contributed by atoms with van der Waals surface area (Å²) in [5, 5.41) is 20.6. The van der Waals surface area contributed by atoms with Crippen LogP contribution in [0.5, 0.6) is 0 Å². The Hall–Kier alpha value is -1.60. The van der Waals surface area contributed by atoms with Crippen LogP contribution in [0.1, 0.15) is 12.5 Å². The monoisotopic (exact) mass is 344 g/mol. The number of aliphatic carboxylic acids is 1. The Labute approximate surface area is 125 Å². The smallest absolute Gasteiger partial charge is 0.337 e. The van der Waals surface area contributed by atoms with Crippen LogP contribution in [-0.2, 0) is 11.3 Å². The average Bonchev–Trinajstić information content (AvgIpc) is 2.38. The number of rotatable bonds is 5. The van der Waals surface area contributed by atoms with E-state index in [4.69, 9.17) is 5.11 Å². The molecule has 0 radical (unpaired) electrons. The molecule has 1 unspecified atom stereocenters. The van der Waals surface area contributed by atoms with Gasteiger partial charge in [0, 0.05) is 18.1 Å². The molecule has 0 saturated carbocycles. The molecule has 3 N–H and O–H groups in total. The van der Waals surface area contributed by atoms with Gasteiger partial charge in [-0.25, -0.2) is 9.59 Å². The van der Waals surface area contributed by atoms with Gasteiger partial charge < -0.3 is 20.4 Å². The highest BCUT2D eigenvalue weighted by atomic mass is 79.9. The molecule has 110 valence electrons. The zero-order chi connectivity index (χ0) is 15.3. The number of benzene rings is 1. The number of nitrogens with zero attached hydrogens (tertiary/aromatic N) is 1. The third-order valence-corrected chi connectivity index (χ3v) is 3.53. The topological polar surface area (TPSA) is 89.9 Å². The largest absolute Gasteiger partial charge is 0.479 e. The first-order chi connectivity index (χ1) is 9.24. The Morgan fingerprint density at radius 3 is 2.55 bits per heavy atom. The van der Waals surface area contributed by atoms with E-state index in [9.17, 15) is 14.7 Å². The summed E-state index contributed by atoms with van der Waals surface area (Å²) >= 11 is 3.39. The number of aliphatic hydroxyl groups is 1. The van der Waals surface area contributed by atoms with E-state index in [1.807, 2.05) is 24.3 Å². The van der Waals surface area contributed by atoms with E-state index in [-0.39, 0.29) is 6.54 Å². The standard InChI is InChI=1S/C13H17BrN2O4/c1-13(20,11(17)18)8-15-12(19)16(2)7-9-5-3-4-6-10(9)14/h3-6,20H,7-8H2,1-2H3,(H,15,19)(H,17,18). The molecule has 0 aromatic heterocycles. The molecule has 7 heteroatoms. The number of halogens is 1. The predicted molar refractivity (Wildman–Crippen MR) is 77.3 cm³/mol. The molecular weight excluding hydrogens is 328 g/mol. The van der Waals surface area contributed by atoms with Crippen molar-refractivity contribution >= 4 is 27.9 Å². The first-order valence-electron chi connectivity index (χ1n) is 5.92. The summed E-state index contributed by atoms with van der Waals surface area (Å²) in [6.07, 6.45) is 0. The highest BCUT2D eigenvalue weighted by Crippen LogP contribution is 2.17. The van der Waals surface area contributed by atoms with Crippen molar-refractivity contribution in [1.29, 1.82) is 0 Å². The third kappa shape index (κ3) is 4.50. The number of carbonyl (C=O) groups excluding carboxylic acids is 1. The van der Waals surface area contributed by atoms with Crippen LogP contribution < -0.4 is 5.32 Å². The van der Waals surface area contributed by atoms with E-state index in [2.05, 4.69) is 21.2 Å². The fourth-order valence-corrected chi connectivity index (χ4v) is 1.82. The predicted octanol–water partition coefficient (Wildman–Crippen LogP) is 1.43. The molecule has 1 aromatic rings. The summed E-state index contributed by atoms with van der Waals surface area (Å²) in [6.45, 7) is 1.13. The van der Waals surface area contributed by atoms with Crippen LogP contribution in [-0.4, -0.2) is 46.3 Å². The molecule has 0 saturated heterocycles. The zero-order valence-corrected chi connectivity index (χ0v) is 12.8. The van der Waals surface area contributed by atoms with E-state index in [0.29, 0.717) is 6.54 Å². The summed E-state index contributed by atoms with van der Waals surface area (Å²) < 4.78 is 0.886. The Morgan fingerprint density at radius 2 is 2.00 bits per heavy atom. The van der Waals surface area contributed by atoms with E-state index < -0.39 is 17.6 Å². The first-order valence-corrected chi connectivity index (χ1v) is 6.71. The van der Waals surface area contributed by atoms with E-state index >= 15 is 0 Å². The van der Waals surface area contributed by atoms with Gasteiger partial charge in [0.1, 0.15) is 0 Å². The van der Waals surface area contributed by atoms with Gasteiger partial charge in [-0.2, -0.15) is 0 Å². The fraction of sp³-hybridized carbons (Fsp3) is 0.385. The van der Waals surface area contributed by atoms with Gasteiger partial charge >= 0.3 is 12.0 Å². The number of hydrogen-bond donors (Lipinski definition) is 3. The number of hydrogen-bond acceptors (Lipinski definition) is 3. The average molecular weight is 345 g/mol. The van der Waals surface area contributed by atoms with Gasteiger partial charge in [-0.3, -0.25) is 0 Å². The molecule has 0 aliphatic carbocycles. The lowest BCUT2D eigenvalue weighted by molar-refractivity contribution is -0.155. The molecule has 1 rings (SSSR count). The Balaban J connectivity index is 2.56. The molecular formula is C13H17BrN2O4. The first kappa shape index (κ1) is 16.5. The summed E-state index contributed by atoms with van der Waals surface area (Å²) in [5.41, 5.74) is -1.06.